The molecule has 0 spiro atoms. The summed E-state index contributed by atoms with van der Waals surface area (Å²) in [4.78, 5) is 12.8. The van der Waals surface area contributed by atoms with Gasteiger partial charge in [-0.3, -0.25) is 4.79 Å². The number of methoxy groups -OCH3 is 3. The van der Waals surface area contributed by atoms with E-state index in [9.17, 15) is 4.79 Å². The Hall–Kier alpha value is -3.81. The number of hydrogen-bond donors (Lipinski definition) is 1. The van der Waals surface area contributed by atoms with Gasteiger partial charge >= 0.3 is 0 Å². The van der Waals surface area contributed by atoms with Crippen molar-refractivity contribution in [2.45, 2.75) is 6.92 Å². The van der Waals surface area contributed by atoms with E-state index in [-0.39, 0.29) is 5.91 Å². The molecule has 1 amide bonds. The number of aromatic nitrogens is 2. The van der Waals surface area contributed by atoms with Crippen LogP contribution in [0, 0.1) is 0 Å². The lowest BCUT2D eigenvalue weighted by molar-refractivity contribution is 0.102. The van der Waals surface area contributed by atoms with Gasteiger partial charge in [-0.25, -0.2) is 0 Å². The summed E-state index contributed by atoms with van der Waals surface area (Å²) in [5.74, 6) is 1.38. The van der Waals surface area contributed by atoms with Gasteiger partial charge in [0, 0.05) is 22.9 Å². The fourth-order valence-electron chi connectivity index (χ4n) is 2.87. The summed E-state index contributed by atoms with van der Waals surface area (Å²) in [6, 6.07) is 14.1. The molecule has 30 heavy (non-hydrogen) atoms. The summed E-state index contributed by atoms with van der Waals surface area (Å²) >= 11 is 0. The van der Waals surface area contributed by atoms with Crippen LogP contribution in [0.1, 0.15) is 17.3 Å². The minimum atomic E-state index is -0.316. The van der Waals surface area contributed by atoms with Crippen molar-refractivity contribution in [1.82, 2.24) is 10.2 Å². The second-order valence-electron chi connectivity index (χ2n) is 6.14. The third-order valence-corrected chi connectivity index (χ3v) is 4.28. The Kier molecular flexibility index (Phi) is 6.69. The van der Waals surface area contributed by atoms with Crippen LogP contribution in [0.25, 0.3) is 11.3 Å². The van der Waals surface area contributed by atoms with Crippen molar-refractivity contribution in [1.29, 1.82) is 0 Å². The molecule has 0 saturated carbocycles. The van der Waals surface area contributed by atoms with Crippen LogP contribution in [0.5, 0.6) is 23.1 Å². The molecule has 156 valence electrons. The molecule has 0 aliphatic carbocycles. The van der Waals surface area contributed by atoms with E-state index in [2.05, 4.69) is 15.5 Å². The first kappa shape index (κ1) is 20.9. The number of nitrogens with zero attached hydrogens (tertiary/aromatic N) is 2. The topological polar surface area (TPSA) is 91.8 Å². The normalized spacial score (nSPS) is 10.3. The molecule has 0 bridgehead atoms. The largest absolute Gasteiger partial charge is 0.493 e. The van der Waals surface area contributed by atoms with Gasteiger partial charge < -0.3 is 24.3 Å². The fraction of sp³-hybridized carbons (Fsp3) is 0.227. The lowest BCUT2D eigenvalue weighted by Crippen LogP contribution is -2.12. The number of amides is 1. The van der Waals surface area contributed by atoms with Crippen molar-refractivity contribution in [2.24, 2.45) is 0 Å². The molecule has 0 atom stereocenters. The molecule has 0 aliphatic rings. The molecule has 8 heteroatoms. The average Bonchev–Trinajstić information content (AvgIpc) is 2.78. The maximum Gasteiger partial charge on any atom is 0.255 e. The summed E-state index contributed by atoms with van der Waals surface area (Å²) in [6.45, 7) is 2.41. The number of rotatable bonds is 8. The highest BCUT2D eigenvalue weighted by Crippen LogP contribution is 2.38. The molecular weight excluding hydrogens is 386 g/mol. The molecule has 0 saturated heterocycles. The van der Waals surface area contributed by atoms with Gasteiger partial charge in [-0.2, -0.15) is 0 Å². The maximum absolute atomic E-state index is 12.8. The molecular formula is C22H23N3O5. The van der Waals surface area contributed by atoms with E-state index in [1.807, 2.05) is 31.2 Å². The molecule has 1 aromatic heterocycles. The van der Waals surface area contributed by atoms with Gasteiger partial charge in [0.25, 0.3) is 5.91 Å². The van der Waals surface area contributed by atoms with E-state index in [4.69, 9.17) is 18.9 Å². The monoisotopic (exact) mass is 409 g/mol. The Balaban J connectivity index is 1.83. The summed E-state index contributed by atoms with van der Waals surface area (Å²) in [5, 5.41) is 11.1. The van der Waals surface area contributed by atoms with Gasteiger partial charge in [-0.1, -0.05) is 12.1 Å². The number of ether oxygens (including phenoxy) is 4. The van der Waals surface area contributed by atoms with Crippen LogP contribution in [0.3, 0.4) is 0 Å². The number of benzene rings is 2. The number of anilines is 1. The lowest BCUT2D eigenvalue weighted by atomic mass is 10.1. The van der Waals surface area contributed by atoms with Crippen LogP contribution in [0.15, 0.2) is 48.5 Å². The average molecular weight is 409 g/mol. The van der Waals surface area contributed by atoms with E-state index in [1.165, 1.54) is 21.3 Å². The van der Waals surface area contributed by atoms with Crippen LogP contribution in [-0.2, 0) is 0 Å². The Bertz CT molecular complexity index is 997. The zero-order valence-electron chi connectivity index (χ0n) is 17.3. The molecule has 3 aromatic rings. The van der Waals surface area contributed by atoms with Crippen molar-refractivity contribution < 1.29 is 23.7 Å². The van der Waals surface area contributed by atoms with Gasteiger partial charge in [0.1, 0.15) is 0 Å². The zero-order chi connectivity index (χ0) is 21.5. The Morgan fingerprint density at radius 1 is 0.933 bits per heavy atom. The van der Waals surface area contributed by atoms with Gasteiger partial charge in [0.15, 0.2) is 11.5 Å². The number of hydrogen-bond acceptors (Lipinski definition) is 7. The molecule has 0 aliphatic heterocycles. The van der Waals surface area contributed by atoms with Gasteiger partial charge in [0.2, 0.25) is 11.6 Å². The smallest absolute Gasteiger partial charge is 0.255 e. The highest BCUT2D eigenvalue weighted by atomic mass is 16.5. The standard InChI is InChI=1S/C22H23N3O5/c1-5-30-20-10-9-17(24-25-20)14-7-6-8-16(11-14)23-22(26)15-12-18(27-2)21(29-4)19(13-15)28-3/h6-13H,5H2,1-4H3,(H,23,26). The summed E-state index contributed by atoms with van der Waals surface area (Å²) < 4.78 is 21.2. The van der Waals surface area contributed by atoms with Crippen molar-refractivity contribution in [3.63, 3.8) is 0 Å². The third kappa shape index (κ3) is 4.60. The van der Waals surface area contributed by atoms with E-state index in [0.29, 0.717) is 46.7 Å². The van der Waals surface area contributed by atoms with Gasteiger partial charge in [-0.15, -0.1) is 10.2 Å². The first-order chi connectivity index (χ1) is 14.6. The van der Waals surface area contributed by atoms with Crippen molar-refractivity contribution in [2.75, 3.05) is 33.3 Å². The second kappa shape index (κ2) is 9.60. The highest BCUT2D eigenvalue weighted by Gasteiger charge is 2.17. The molecule has 1 heterocycles. The van der Waals surface area contributed by atoms with Crippen molar-refractivity contribution in [3.05, 3.63) is 54.1 Å². The van der Waals surface area contributed by atoms with E-state index in [0.717, 1.165) is 5.56 Å². The highest BCUT2D eigenvalue weighted by molar-refractivity contribution is 6.05. The fourth-order valence-corrected chi connectivity index (χ4v) is 2.87. The number of carbonyl (C=O) groups excluding carboxylic acids is 1. The van der Waals surface area contributed by atoms with E-state index < -0.39 is 0 Å². The first-order valence-corrected chi connectivity index (χ1v) is 9.28. The molecule has 0 unspecified atom stereocenters. The van der Waals surface area contributed by atoms with Crippen LogP contribution >= 0.6 is 0 Å². The van der Waals surface area contributed by atoms with Crippen molar-refractivity contribution in [3.8, 4) is 34.4 Å². The summed E-state index contributed by atoms with van der Waals surface area (Å²) in [6.07, 6.45) is 0. The van der Waals surface area contributed by atoms with E-state index >= 15 is 0 Å². The summed E-state index contributed by atoms with van der Waals surface area (Å²) in [5.41, 5.74) is 2.47. The predicted octanol–water partition coefficient (Wildman–Crippen LogP) is 3.82. The van der Waals surface area contributed by atoms with E-state index in [1.54, 1.807) is 24.3 Å². The number of nitrogens with one attached hydrogen (secondary N) is 1. The van der Waals surface area contributed by atoms with Crippen LogP contribution < -0.4 is 24.3 Å². The molecule has 3 rings (SSSR count). The molecule has 2 aromatic carbocycles. The first-order valence-electron chi connectivity index (χ1n) is 9.28. The Morgan fingerprint density at radius 2 is 1.67 bits per heavy atom. The van der Waals surface area contributed by atoms with Gasteiger partial charge in [-0.05, 0) is 37.3 Å². The third-order valence-electron chi connectivity index (χ3n) is 4.28. The lowest BCUT2D eigenvalue weighted by Gasteiger charge is -2.14. The Labute approximate surface area is 174 Å². The quantitative estimate of drug-likeness (QED) is 0.605. The zero-order valence-corrected chi connectivity index (χ0v) is 17.3. The molecule has 0 radical (unpaired) electrons. The minimum Gasteiger partial charge on any atom is -0.493 e. The SMILES string of the molecule is CCOc1ccc(-c2cccc(NC(=O)c3cc(OC)c(OC)c(OC)c3)c2)nn1. The van der Waals surface area contributed by atoms with Gasteiger partial charge in [0.05, 0.1) is 33.6 Å². The van der Waals surface area contributed by atoms with Crippen molar-refractivity contribution >= 4 is 11.6 Å². The summed E-state index contributed by atoms with van der Waals surface area (Å²) in [7, 11) is 4.51. The molecule has 1 N–H and O–H groups in total. The molecule has 0 fully saturated rings. The predicted molar refractivity (Wildman–Crippen MR) is 113 cm³/mol. The van der Waals surface area contributed by atoms with Crippen LogP contribution in [0.2, 0.25) is 0 Å². The van der Waals surface area contributed by atoms with Crippen LogP contribution in [-0.4, -0.2) is 44.0 Å². The maximum atomic E-state index is 12.8. The second-order valence-corrected chi connectivity index (χ2v) is 6.14. The Morgan fingerprint density at radius 3 is 2.23 bits per heavy atom. The minimum absolute atomic E-state index is 0.316. The number of carbonyl (C=O) groups is 1. The molecule has 8 nitrogen and oxygen atoms in total. The van der Waals surface area contributed by atoms with Crippen LogP contribution in [0.4, 0.5) is 5.69 Å².